The molecule has 0 aliphatic heterocycles. The predicted molar refractivity (Wildman–Crippen MR) is 116 cm³/mol. The number of benzene rings is 1. The highest BCUT2D eigenvalue weighted by molar-refractivity contribution is 6.12. The molecule has 0 saturated carbocycles. The highest BCUT2D eigenvalue weighted by atomic mass is 16.3. The van der Waals surface area contributed by atoms with Crippen LogP contribution in [0.1, 0.15) is 26.6 Å². The van der Waals surface area contributed by atoms with Crippen molar-refractivity contribution in [3.05, 3.63) is 84.1 Å². The van der Waals surface area contributed by atoms with Gasteiger partial charge in [-0.05, 0) is 18.2 Å². The van der Waals surface area contributed by atoms with E-state index in [0.29, 0.717) is 34.6 Å². The smallest absolute Gasteiger partial charge is 0.266 e. The van der Waals surface area contributed by atoms with Gasteiger partial charge in [-0.1, -0.05) is 30.3 Å². The van der Waals surface area contributed by atoms with E-state index in [2.05, 4.69) is 20.6 Å². The molecule has 4 N–H and O–H groups in total. The molecule has 0 aliphatic rings. The first-order valence-electron chi connectivity index (χ1n) is 9.69. The minimum Gasteiger partial charge on any atom is -0.467 e. The zero-order valence-electron chi connectivity index (χ0n) is 16.6. The molecule has 32 heavy (non-hydrogen) atoms. The van der Waals surface area contributed by atoms with Crippen LogP contribution in [0.15, 0.2) is 71.5 Å². The molecule has 158 valence electrons. The Morgan fingerprint density at radius 1 is 1.12 bits per heavy atom. The molecule has 4 heterocycles. The fourth-order valence-electron chi connectivity index (χ4n) is 3.35. The Kier molecular flexibility index (Phi) is 4.71. The minimum atomic E-state index is -0.671. The van der Waals surface area contributed by atoms with Crippen molar-refractivity contribution in [2.45, 2.75) is 6.54 Å². The fourth-order valence-corrected chi connectivity index (χ4v) is 3.35. The summed E-state index contributed by atoms with van der Waals surface area (Å²) in [5, 5.41) is 14.1. The number of amides is 2. The average Bonchev–Trinajstić information content (AvgIpc) is 3.56. The lowest BCUT2D eigenvalue weighted by molar-refractivity contribution is 0.0993. The van der Waals surface area contributed by atoms with Gasteiger partial charge in [-0.25, -0.2) is 9.67 Å². The van der Waals surface area contributed by atoms with Crippen LogP contribution >= 0.6 is 0 Å². The van der Waals surface area contributed by atoms with Gasteiger partial charge in [0.15, 0.2) is 11.5 Å². The number of fused-ring (bicyclic) bond motifs is 1. The molecule has 1 aromatic carbocycles. The number of hydrogen-bond acceptors (Lipinski definition) is 6. The lowest BCUT2D eigenvalue weighted by Crippen LogP contribution is -2.14. The van der Waals surface area contributed by atoms with Crippen LogP contribution in [0.2, 0.25) is 0 Å². The molecule has 10 nitrogen and oxygen atoms in total. The number of nitrogens with one attached hydrogen (secondary N) is 2. The number of H-pyrrole nitrogens is 1. The Morgan fingerprint density at radius 3 is 2.69 bits per heavy atom. The highest BCUT2D eigenvalue weighted by Crippen LogP contribution is 2.26. The van der Waals surface area contributed by atoms with E-state index in [0.717, 1.165) is 5.56 Å². The van der Waals surface area contributed by atoms with Crippen LogP contribution < -0.4 is 11.1 Å². The van der Waals surface area contributed by atoms with E-state index in [4.69, 9.17) is 15.1 Å². The van der Waals surface area contributed by atoms with Gasteiger partial charge in [0, 0.05) is 11.6 Å². The molecule has 0 spiro atoms. The summed E-state index contributed by atoms with van der Waals surface area (Å²) in [4.78, 5) is 29.2. The number of aromatic amines is 1. The molecule has 0 saturated heterocycles. The number of aromatic nitrogens is 5. The second-order valence-electron chi connectivity index (χ2n) is 7.03. The number of nitrogens with two attached hydrogens (primary N) is 1. The molecule has 2 amide bonds. The van der Waals surface area contributed by atoms with Crippen molar-refractivity contribution in [1.29, 1.82) is 0 Å². The Labute approximate surface area is 181 Å². The van der Waals surface area contributed by atoms with Crippen LogP contribution in [0.25, 0.3) is 22.3 Å². The summed E-state index contributed by atoms with van der Waals surface area (Å²) in [5.41, 5.74) is 7.70. The van der Waals surface area contributed by atoms with Gasteiger partial charge in [-0.2, -0.15) is 10.2 Å². The molecule has 4 aromatic heterocycles. The summed E-state index contributed by atoms with van der Waals surface area (Å²) in [6.45, 7) is 0.365. The molecule has 0 radical (unpaired) electrons. The van der Waals surface area contributed by atoms with Gasteiger partial charge in [-0.3, -0.25) is 14.7 Å². The van der Waals surface area contributed by atoms with Crippen molar-refractivity contribution in [1.82, 2.24) is 25.0 Å². The second-order valence-corrected chi connectivity index (χ2v) is 7.03. The van der Waals surface area contributed by atoms with Gasteiger partial charge in [-0.15, -0.1) is 0 Å². The SMILES string of the molecule is NC(=O)c1cc(NC(=O)c2cc(-c3ccccc3)nc3c2cnn3Cc2ccco2)n[nH]1. The zero-order valence-corrected chi connectivity index (χ0v) is 16.6. The molecule has 0 fully saturated rings. The molecule has 10 heteroatoms. The first-order chi connectivity index (χ1) is 15.6. The van der Waals surface area contributed by atoms with E-state index in [-0.39, 0.29) is 11.5 Å². The fraction of sp³-hybridized carbons (Fsp3) is 0.0455. The number of carbonyl (C=O) groups excluding carboxylic acids is 2. The summed E-state index contributed by atoms with van der Waals surface area (Å²) < 4.78 is 7.11. The maximum Gasteiger partial charge on any atom is 0.266 e. The molecular weight excluding hydrogens is 410 g/mol. The summed E-state index contributed by atoms with van der Waals surface area (Å²) in [5.74, 6) is -0.203. The van der Waals surface area contributed by atoms with E-state index >= 15 is 0 Å². The number of carbonyl (C=O) groups is 2. The van der Waals surface area contributed by atoms with Crippen LogP contribution in [-0.2, 0) is 6.54 Å². The summed E-state index contributed by atoms with van der Waals surface area (Å²) in [6, 6.07) is 16.2. The molecule has 0 bridgehead atoms. The van der Waals surface area contributed by atoms with Crippen molar-refractivity contribution in [3.8, 4) is 11.3 Å². The Bertz CT molecular complexity index is 1420. The van der Waals surface area contributed by atoms with Gasteiger partial charge in [0.05, 0.1) is 29.1 Å². The Balaban J connectivity index is 1.59. The van der Waals surface area contributed by atoms with E-state index in [1.807, 2.05) is 36.4 Å². The number of pyridine rings is 1. The van der Waals surface area contributed by atoms with E-state index in [1.54, 1.807) is 29.3 Å². The standard InChI is InChI=1S/C22H17N7O3/c23-20(30)18-10-19(28-27-18)26-22(31)15-9-17(13-5-2-1-3-6-13)25-21-16(15)11-24-29(21)12-14-7-4-8-32-14/h1-11H,12H2,(H2,23,30)(H2,26,27,28,31). The minimum absolute atomic E-state index is 0.0939. The number of anilines is 1. The van der Waals surface area contributed by atoms with Crippen molar-refractivity contribution < 1.29 is 14.0 Å². The molecule has 0 aliphatic carbocycles. The lowest BCUT2D eigenvalue weighted by atomic mass is 10.1. The monoisotopic (exact) mass is 427 g/mol. The first kappa shape index (κ1) is 19.2. The molecule has 0 atom stereocenters. The van der Waals surface area contributed by atoms with Gasteiger partial charge in [0.2, 0.25) is 0 Å². The van der Waals surface area contributed by atoms with Gasteiger partial charge in [0.25, 0.3) is 11.8 Å². The lowest BCUT2D eigenvalue weighted by Gasteiger charge is -2.08. The third-order valence-electron chi connectivity index (χ3n) is 4.89. The van der Waals surface area contributed by atoms with Crippen LogP contribution in [-0.4, -0.2) is 36.8 Å². The Hall–Kier alpha value is -4.73. The van der Waals surface area contributed by atoms with E-state index < -0.39 is 11.8 Å². The zero-order chi connectivity index (χ0) is 22.1. The third-order valence-corrected chi connectivity index (χ3v) is 4.89. The number of nitrogens with zero attached hydrogens (tertiary/aromatic N) is 4. The number of rotatable bonds is 6. The van der Waals surface area contributed by atoms with Crippen LogP contribution in [0.3, 0.4) is 0 Å². The predicted octanol–water partition coefficient (Wildman–Crippen LogP) is 2.81. The molecule has 5 rings (SSSR count). The summed E-state index contributed by atoms with van der Waals surface area (Å²) in [6.07, 6.45) is 3.18. The quantitative estimate of drug-likeness (QED) is 0.380. The summed E-state index contributed by atoms with van der Waals surface area (Å²) >= 11 is 0. The van der Waals surface area contributed by atoms with Crippen molar-refractivity contribution in [2.24, 2.45) is 5.73 Å². The van der Waals surface area contributed by atoms with Gasteiger partial charge >= 0.3 is 0 Å². The molecule has 5 aromatic rings. The van der Waals surface area contributed by atoms with Crippen molar-refractivity contribution in [2.75, 3.05) is 5.32 Å². The maximum atomic E-state index is 13.2. The first-order valence-corrected chi connectivity index (χ1v) is 9.69. The van der Waals surface area contributed by atoms with Crippen LogP contribution in [0.4, 0.5) is 5.82 Å². The van der Waals surface area contributed by atoms with E-state index in [9.17, 15) is 9.59 Å². The van der Waals surface area contributed by atoms with E-state index in [1.165, 1.54) is 6.07 Å². The van der Waals surface area contributed by atoms with Crippen LogP contribution in [0, 0.1) is 0 Å². The number of hydrogen-bond donors (Lipinski definition) is 3. The summed E-state index contributed by atoms with van der Waals surface area (Å²) in [7, 11) is 0. The normalized spacial score (nSPS) is 11.0. The van der Waals surface area contributed by atoms with Crippen LogP contribution in [0.5, 0.6) is 0 Å². The van der Waals surface area contributed by atoms with Gasteiger partial charge < -0.3 is 15.5 Å². The van der Waals surface area contributed by atoms with Crippen molar-refractivity contribution >= 4 is 28.7 Å². The van der Waals surface area contributed by atoms with Crippen molar-refractivity contribution in [3.63, 3.8) is 0 Å². The largest absolute Gasteiger partial charge is 0.467 e. The topological polar surface area (TPSA) is 145 Å². The molecule has 0 unspecified atom stereocenters. The average molecular weight is 427 g/mol. The third kappa shape index (κ3) is 3.60. The molecular formula is C22H17N7O3. The highest BCUT2D eigenvalue weighted by Gasteiger charge is 2.19. The number of primary amides is 1. The number of furan rings is 1. The maximum absolute atomic E-state index is 13.2. The second kappa shape index (κ2) is 7.84. The Morgan fingerprint density at radius 2 is 1.97 bits per heavy atom. The van der Waals surface area contributed by atoms with Gasteiger partial charge in [0.1, 0.15) is 18.0 Å².